The number of amides is 1. The molecule has 2 N–H and O–H groups in total. The van der Waals surface area contributed by atoms with Crippen LogP contribution in [-0.2, 0) is 0 Å². The molecule has 0 saturated carbocycles. The standard InChI is InChI=1S/C20H22N6O/c1-14-2-4-15(5-3-14)19-13-26(24-23-19)17-7-10-25(11-8-17)20(27)18-12-16(21)6-9-22-18/h2-6,9,12-13,17H,7-8,10-11H2,1H3,(H2,21,22). The molecule has 1 aliphatic heterocycles. The van der Waals surface area contributed by atoms with Crippen LogP contribution < -0.4 is 5.73 Å². The van der Waals surface area contributed by atoms with Crippen molar-refractivity contribution in [2.75, 3.05) is 18.8 Å². The highest BCUT2D eigenvalue weighted by Gasteiger charge is 2.26. The average molecular weight is 362 g/mol. The molecular weight excluding hydrogens is 340 g/mol. The van der Waals surface area contributed by atoms with Crippen molar-refractivity contribution in [3.05, 3.63) is 60.0 Å². The number of nitrogens with zero attached hydrogens (tertiary/aromatic N) is 5. The van der Waals surface area contributed by atoms with E-state index in [9.17, 15) is 4.79 Å². The number of nitrogen functional groups attached to an aromatic ring is 1. The molecule has 0 atom stereocenters. The van der Waals surface area contributed by atoms with Crippen LogP contribution in [0.25, 0.3) is 11.3 Å². The Morgan fingerprint density at radius 3 is 2.59 bits per heavy atom. The van der Waals surface area contributed by atoms with Crippen LogP contribution >= 0.6 is 0 Å². The summed E-state index contributed by atoms with van der Waals surface area (Å²) >= 11 is 0. The monoisotopic (exact) mass is 362 g/mol. The molecule has 7 nitrogen and oxygen atoms in total. The molecule has 3 aromatic rings. The zero-order valence-corrected chi connectivity index (χ0v) is 15.2. The maximum atomic E-state index is 12.6. The van der Waals surface area contributed by atoms with E-state index in [0.717, 1.165) is 24.1 Å². The third-order valence-corrected chi connectivity index (χ3v) is 4.99. The Labute approximate surface area is 157 Å². The number of likely N-dealkylation sites (tertiary alicyclic amines) is 1. The molecule has 2 aromatic heterocycles. The van der Waals surface area contributed by atoms with Gasteiger partial charge in [-0.05, 0) is 31.9 Å². The van der Waals surface area contributed by atoms with Crippen molar-refractivity contribution in [3.63, 3.8) is 0 Å². The first-order valence-corrected chi connectivity index (χ1v) is 9.10. The number of hydrogen-bond acceptors (Lipinski definition) is 5. The number of piperidine rings is 1. The van der Waals surface area contributed by atoms with Crippen LogP contribution in [0.4, 0.5) is 5.69 Å². The van der Waals surface area contributed by atoms with Gasteiger partial charge in [-0.2, -0.15) is 0 Å². The number of rotatable bonds is 3. The lowest BCUT2D eigenvalue weighted by Gasteiger charge is -2.31. The number of nitrogens with two attached hydrogens (primary N) is 1. The normalized spacial score (nSPS) is 15.1. The minimum absolute atomic E-state index is 0.0697. The SMILES string of the molecule is Cc1ccc(-c2cn(C3CCN(C(=O)c4cc(N)ccn4)CC3)nn2)cc1. The fourth-order valence-corrected chi connectivity index (χ4v) is 3.37. The predicted octanol–water partition coefficient (Wildman–Crippen LogP) is 2.71. The van der Waals surface area contributed by atoms with E-state index in [1.807, 2.05) is 15.8 Å². The van der Waals surface area contributed by atoms with E-state index in [2.05, 4.69) is 46.5 Å². The molecule has 0 bridgehead atoms. The zero-order chi connectivity index (χ0) is 18.8. The van der Waals surface area contributed by atoms with E-state index in [1.165, 1.54) is 5.56 Å². The lowest BCUT2D eigenvalue weighted by molar-refractivity contribution is 0.0683. The van der Waals surface area contributed by atoms with E-state index in [1.54, 1.807) is 18.3 Å². The van der Waals surface area contributed by atoms with Gasteiger partial charge in [0.05, 0.1) is 12.2 Å². The first-order chi connectivity index (χ1) is 13.1. The Bertz CT molecular complexity index is 941. The van der Waals surface area contributed by atoms with Crippen molar-refractivity contribution in [1.82, 2.24) is 24.9 Å². The van der Waals surface area contributed by atoms with E-state index in [0.29, 0.717) is 24.5 Å². The average Bonchev–Trinajstić information content (AvgIpc) is 3.18. The van der Waals surface area contributed by atoms with E-state index in [-0.39, 0.29) is 11.9 Å². The third kappa shape index (κ3) is 3.67. The molecule has 0 unspecified atom stereocenters. The summed E-state index contributed by atoms with van der Waals surface area (Å²) in [5.41, 5.74) is 9.86. The van der Waals surface area contributed by atoms with Crippen molar-refractivity contribution in [2.45, 2.75) is 25.8 Å². The maximum Gasteiger partial charge on any atom is 0.272 e. The molecule has 0 aliphatic carbocycles. The Morgan fingerprint density at radius 1 is 1.15 bits per heavy atom. The Balaban J connectivity index is 1.41. The van der Waals surface area contributed by atoms with Gasteiger partial charge in [-0.15, -0.1) is 5.10 Å². The van der Waals surface area contributed by atoms with Crippen molar-refractivity contribution in [3.8, 4) is 11.3 Å². The molecule has 7 heteroatoms. The topological polar surface area (TPSA) is 89.9 Å². The number of benzene rings is 1. The van der Waals surface area contributed by atoms with E-state index >= 15 is 0 Å². The number of carbonyl (C=O) groups is 1. The van der Waals surface area contributed by atoms with Gasteiger partial charge in [0.25, 0.3) is 5.91 Å². The number of pyridine rings is 1. The van der Waals surface area contributed by atoms with Gasteiger partial charge in [-0.1, -0.05) is 35.0 Å². The molecule has 3 heterocycles. The summed E-state index contributed by atoms with van der Waals surface area (Å²) in [6, 6.07) is 11.8. The second kappa shape index (κ2) is 7.19. The third-order valence-electron chi connectivity index (χ3n) is 4.99. The minimum Gasteiger partial charge on any atom is -0.399 e. The zero-order valence-electron chi connectivity index (χ0n) is 15.2. The molecule has 1 saturated heterocycles. The molecule has 1 amide bonds. The highest BCUT2D eigenvalue weighted by atomic mass is 16.2. The Hall–Kier alpha value is -3.22. The van der Waals surface area contributed by atoms with Crippen LogP contribution in [0.1, 0.15) is 34.9 Å². The highest BCUT2D eigenvalue weighted by molar-refractivity contribution is 5.93. The van der Waals surface area contributed by atoms with Gasteiger partial charge < -0.3 is 10.6 Å². The van der Waals surface area contributed by atoms with Gasteiger partial charge in [-0.25, -0.2) is 4.68 Å². The van der Waals surface area contributed by atoms with Crippen LogP contribution in [0.5, 0.6) is 0 Å². The van der Waals surface area contributed by atoms with Gasteiger partial charge in [0.15, 0.2) is 0 Å². The first kappa shape index (κ1) is 17.2. The smallest absolute Gasteiger partial charge is 0.272 e. The lowest BCUT2D eigenvalue weighted by atomic mass is 10.0. The fourth-order valence-electron chi connectivity index (χ4n) is 3.37. The summed E-state index contributed by atoms with van der Waals surface area (Å²) in [5.74, 6) is -0.0697. The number of hydrogen-bond donors (Lipinski definition) is 1. The number of carbonyl (C=O) groups excluding carboxylic acids is 1. The molecule has 0 spiro atoms. The van der Waals surface area contributed by atoms with E-state index < -0.39 is 0 Å². The highest BCUT2D eigenvalue weighted by Crippen LogP contribution is 2.25. The summed E-state index contributed by atoms with van der Waals surface area (Å²) in [6.45, 7) is 3.40. The quantitative estimate of drug-likeness (QED) is 0.774. The molecule has 1 aliphatic rings. The molecule has 1 fully saturated rings. The summed E-state index contributed by atoms with van der Waals surface area (Å²) in [5, 5.41) is 8.62. The van der Waals surface area contributed by atoms with Crippen molar-refractivity contribution in [1.29, 1.82) is 0 Å². The Kier molecular flexibility index (Phi) is 4.58. The predicted molar refractivity (Wildman–Crippen MR) is 103 cm³/mol. The minimum atomic E-state index is -0.0697. The van der Waals surface area contributed by atoms with Crippen LogP contribution in [0.3, 0.4) is 0 Å². The van der Waals surface area contributed by atoms with Gasteiger partial charge >= 0.3 is 0 Å². The van der Waals surface area contributed by atoms with Gasteiger partial charge in [-0.3, -0.25) is 9.78 Å². The van der Waals surface area contributed by atoms with E-state index in [4.69, 9.17) is 5.73 Å². The Morgan fingerprint density at radius 2 is 1.89 bits per heavy atom. The molecule has 138 valence electrons. The number of aryl methyl sites for hydroxylation is 1. The van der Waals surface area contributed by atoms with Gasteiger partial charge in [0.1, 0.15) is 11.4 Å². The summed E-state index contributed by atoms with van der Waals surface area (Å²) < 4.78 is 1.93. The van der Waals surface area contributed by atoms with Crippen molar-refractivity contribution < 1.29 is 4.79 Å². The van der Waals surface area contributed by atoms with Gasteiger partial charge in [0.2, 0.25) is 0 Å². The van der Waals surface area contributed by atoms with Gasteiger partial charge in [0, 0.05) is 30.5 Å². The fraction of sp³-hybridized carbons (Fsp3) is 0.300. The molecule has 27 heavy (non-hydrogen) atoms. The van der Waals surface area contributed by atoms with Crippen LogP contribution in [-0.4, -0.2) is 43.9 Å². The first-order valence-electron chi connectivity index (χ1n) is 9.10. The van der Waals surface area contributed by atoms with Crippen LogP contribution in [0.2, 0.25) is 0 Å². The summed E-state index contributed by atoms with van der Waals surface area (Å²) in [4.78, 5) is 18.6. The van der Waals surface area contributed by atoms with Crippen molar-refractivity contribution >= 4 is 11.6 Å². The van der Waals surface area contributed by atoms with Crippen LogP contribution in [0, 0.1) is 6.92 Å². The molecule has 1 aromatic carbocycles. The molecule has 4 rings (SSSR count). The molecule has 0 radical (unpaired) electrons. The largest absolute Gasteiger partial charge is 0.399 e. The summed E-state index contributed by atoms with van der Waals surface area (Å²) in [7, 11) is 0. The second-order valence-corrected chi connectivity index (χ2v) is 6.95. The second-order valence-electron chi connectivity index (χ2n) is 6.95. The van der Waals surface area contributed by atoms with Crippen molar-refractivity contribution in [2.24, 2.45) is 0 Å². The van der Waals surface area contributed by atoms with Crippen LogP contribution in [0.15, 0.2) is 48.8 Å². The number of aromatic nitrogens is 4. The number of anilines is 1. The molecular formula is C20H22N6O. The lowest BCUT2D eigenvalue weighted by Crippen LogP contribution is -2.39. The summed E-state index contributed by atoms with van der Waals surface area (Å²) in [6.07, 6.45) is 5.24. The maximum absolute atomic E-state index is 12.6.